The van der Waals surface area contributed by atoms with E-state index in [-0.39, 0.29) is 0 Å². The van der Waals surface area contributed by atoms with Crippen LogP contribution in [0.25, 0.3) is 0 Å². The van der Waals surface area contributed by atoms with Crippen LogP contribution in [-0.2, 0) is 16.6 Å². The van der Waals surface area contributed by atoms with Crippen molar-refractivity contribution in [3.63, 3.8) is 0 Å². The summed E-state index contributed by atoms with van der Waals surface area (Å²) in [5.74, 6) is 1.18. The fourth-order valence-corrected chi connectivity index (χ4v) is 4.84. The van der Waals surface area contributed by atoms with E-state index in [1.165, 1.54) is 15.6 Å². The molecule has 1 aliphatic carbocycles. The molecule has 2 unspecified atom stereocenters. The molecule has 0 bridgehead atoms. The molecule has 1 heterocycles. The molecule has 0 spiro atoms. The van der Waals surface area contributed by atoms with Gasteiger partial charge in [-0.3, -0.25) is 0 Å². The molecule has 2 rings (SSSR count). The van der Waals surface area contributed by atoms with Crippen LogP contribution in [0.1, 0.15) is 23.1 Å². The highest BCUT2D eigenvalue weighted by atomic mass is 32.2. The molecule has 0 amide bonds. The third-order valence-electron chi connectivity index (χ3n) is 3.58. The highest BCUT2D eigenvalue weighted by Crippen LogP contribution is 2.39. The molecule has 1 saturated carbocycles. The van der Waals surface area contributed by atoms with Crippen LogP contribution >= 0.6 is 11.3 Å². The zero-order valence-corrected chi connectivity index (χ0v) is 12.6. The highest BCUT2D eigenvalue weighted by molar-refractivity contribution is 7.89. The zero-order valence-electron chi connectivity index (χ0n) is 11.0. The van der Waals surface area contributed by atoms with Gasteiger partial charge in [-0.1, -0.05) is 6.92 Å². The van der Waals surface area contributed by atoms with Gasteiger partial charge in [0.25, 0.3) is 0 Å². The third-order valence-corrected chi connectivity index (χ3v) is 6.73. The molecule has 1 aromatic rings. The second kappa shape index (κ2) is 4.92. The maximum Gasteiger partial charge on any atom is 0.243 e. The SMILES string of the molecule is Cc1sc(CN)cc1S(=O)(=O)N(C)CC1CC1C. The van der Waals surface area contributed by atoms with Crippen LogP contribution in [-0.4, -0.2) is 26.3 Å². The predicted molar refractivity (Wildman–Crippen MR) is 74.0 cm³/mol. The summed E-state index contributed by atoms with van der Waals surface area (Å²) in [4.78, 5) is 2.16. The van der Waals surface area contributed by atoms with Crippen LogP contribution in [0, 0.1) is 18.8 Å². The van der Waals surface area contributed by atoms with E-state index in [9.17, 15) is 8.42 Å². The Bertz CT molecular complexity index is 536. The lowest BCUT2D eigenvalue weighted by molar-refractivity contribution is 0.444. The van der Waals surface area contributed by atoms with Gasteiger partial charge in [-0.05, 0) is 31.2 Å². The molecule has 1 aliphatic rings. The minimum absolute atomic E-state index is 0.393. The normalized spacial score (nSPS) is 23.6. The zero-order chi connectivity index (χ0) is 13.5. The number of nitrogens with zero attached hydrogens (tertiary/aromatic N) is 1. The Labute approximate surface area is 113 Å². The summed E-state index contributed by atoms with van der Waals surface area (Å²) >= 11 is 1.46. The summed E-state index contributed by atoms with van der Waals surface area (Å²) in [5.41, 5.74) is 5.56. The average Bonchev–Trinajstić information content (AvgIpc) is 2.85. The van der Waals surface area contributed by atoms with Crippen molar-refractivity contribution in [3.05, 3.63) is 15.8 Å². The van der Waals surface area contributed by atoms with Gasteiger partial charge in [-0.2, -0.15) is 0 Å². The summed E-state index contributed by atoms with van der Waals surface area (Å²) in [5, 5.41) is 0. The number of aryl methyl sites for hydroxylation is 1. The first-order valence-electron chi connectivity index (χ1n) is 6.12. The molecular formula is C12H20N2O2S2. The third kappa shape index (κ3) is 2.61. The van der Waals surface area contributed by atoms with E-state index in [4.69, 9.17) is 5.73 Å². The molecule has 2 N–H and O–H groups in total. The van der Waals surface area contributed by atoms with Gasteiger partial charge in [0, 0.05) is 29.9 Å². The Kier molecular flexibility index (Phi) is 3.82. The Hall–Kier alpha value is -0.430. The molecule has 2 atom stereocenters. The minimum Gasteiger partial charge on any atom is -0.326 e. The second-order valence-electron chi connectivity index (χ2n) is 5.10. The van der Waals surface area contributed by atoms with E-state index in [0.717, 1.165) is 16.2 Å². The smallest absolute Gasteiger partial charge is 0.243 e. The van der Waals surface area contributed by atoms with E-state index in [2.05, 4.69) is 6.92 Å². The van der Waals surface area contributed by atoms with Crippen LogP contribution < -0.4 is 5.73 Å². The Balaban J connectivity index is 2.20. The van der Waals surface area contributed by atoms with E-state index >= 15 is 0 Å². The van der Waals surface area contributed by atoms with Crippen LogP contribution in [0.15, 0.2) is 11.0 Å². The van der Waals surface area contributed by atoms with Crippen molar-refractivity contribution in [3.8, 4) is 0 Å². The number of nitrogens with two attached hydrogens (primary N) is 1. The van der Waals surface area contributed by atoms with Gasteiger partial charge < -0.3 is 5.73 Å². The monoisotopic (exact) mass is 288 g/mol. The van der Waals surface area contributed by atoms with Crippen LogP contribution in [0.5, 0.6) is 0 Å². The fourth-order valence-electron chi connectivity index (χ4n) is 2.13. The van der Waals surface area contributed by atoms with Crippen molar-refractivity contribution in [1.82, 2.24) is 4.31 Å². The quantitative estimate of drug-likeness (QED) is 0.898. The maximum absolute atomic E-state index is 12.4. The number of rotatable bonds is 5. The molecule has 102 valence electrons. The number of thiophene rings is 1. The van der Waals surface area contributed by atoms with E-state index in [0.29, 0.717) is 29.8 Å². The molecule has 1 aromatic heterocycles. The van der Waals surface area contributed by atoms with E-state index in [1.54, 1.807) is 13.1 Å². The number of hydrogen-bond donors (Lipinski definition) is 1. The van der Waals surface area contributed by atoms with Gasteiger partial charge in [0.05, 0.1) is 4.90 Å². The molecule has 18 heavy (non-hydrogen) atoms. The predicted octanol–water partition coefficient (Wildman–Crippen LogP) is 1.79. The van der Waals surface area contributed by atoms with E-state index in [1.807, 2.05) is 6.92 Å². The molecule has 1 fully saturated rings. The molecule has 6 heteroatoms. The second-order valence-corrected chi connectivity index (χ2v) is 8.45. The van der Waals surface area contributed by atoms with Crippen molar-refractivity contribution < 1.29 is 8.42 Å². The summed E-state index contributed by atoms with van der Waals surface area (Å²) in [6, 6.07) is 1.71. The standard InChI is InChI=1S/C12H20N2O2S2/c1-8-4-10(8)7-14(3)18(15,16)12-5-11(6-13)17-9(12)2/h5,8,10H,4,6-7,13H2,1-3H3. The van der Waals surface area contributed by atoms with Crippen molar-refractivity contribution >= 4 is 21.4 Å². The summed E-state index contributed by atoms with van der Waals surface area (Å²) in [6.07, 6.45) is 1.14. The lowest BCUT2D eigenvalue weighted by atomic mass is 10.3. The summed E-state index contributed by atoms with van der Waals surface area (Å²) < 4.78 is 26.4. The summed E-state index contributed by atoms with van der Waals surface area (Å²) in [6.45, 7) is 5.01. The first-order chi connectivity index (χ1) is 8.36. The number of hydrogen-bond acceptors (Lipinski definition) is 4. The van der Waals surface area contributed by atoms with Gasteiger partial charge in [0.1, 0.15) is 0 Å². The Morgan fingerprint density at radius 2 is 2.17 bits per heavy atom. The lowest BCUT2D eigenvalue weighted by Crippen LogP contribution is -2.29. The van der Waals surface area contributed by atoms with Crippen LogP contribution in [0.2, 0.25) is 0 Å². The van der Waals surface area contributed by atoms with Gasteiger partial charge in [-0.15, -0.1) is 11.3 Å². The average molecular weight is 288 g/mol. The lowest BCUT2D eigenvalue weighted by Gasteiger charge is -2.16. The van der Waals surface area contributed by atoms with Gasteiger partial charge >= 0.3 is 0 Å². The van der Waals surface area contributed by atoms with E-state index < -0.39 is 10.0 Å². The van der Waals surface area contributed by atoms with Crippen molar-refractivity contribution in [2.75, 3.05) is 13.6 Å². The Morgan fingerprint density at radius 3 is 2.61 bits per heavy atom. The van der Waals surface area contributed by atoms with Gasteiger partial charge in [-0.25, -0.2) is 12.7 Å². The maximum atomic E-state index is 12.4. The summed E-state index contributed by atoms with van der Waals surface area (Å²) in [7, 11) is -1.68. The van der Waals surface area contributed by atoms with Crippen LogP contribution in [0.4, 0.5) is 0 Å². The first kappa shape index (κ1) is 14.0. The minimum atomic E-state index is -3.35. The topological polar surface area (TPSA) is 63.4 Å². The number of sulfonamides is 1. The highest BCUT2D eigenvalue weighted by Gasteiger charge is 2.36. The van der Waals surface area contributed by atoms with Gasteiger partial charge in [0.2, 0.25) is 10.0 Å². The largest absolute Gasteiger partial charge is 0.326 e. The molecule has 0 aliphatic heterocycles. The van der Waals surface area contributed by atoms with Gasteiger partial charge in [0.15, 0.2) is 0 Å². The molecular weight excluding hydrogens is 268 g/mol. The molecule has 0 saturated heterocycles. The molecule has 4 nitrogen and oxygen atoms in total. The van der Waals surface area contributed by atoms with Crippen LogP contribution in [0.3, 0.4) is 0 Å². The Morgan fingerprint density at radius 1 is 1.56 bits per heavy atom. The molecule has 0 radical (unpaired) electrons. The van der Waals surface area contributed by atoms with Crippen molar-refractivity contribution in [1.29, 1.82) is 0 Å². The van der Waals surface area contributed by atoms with Crippen molar-refractivity contribution in [2.24, 2.45) is 17.6 Å². The first-order valence-corrected chi connectivity index (χ1v) is 8.37. The molecule has 0 aromatic carbocycles. The fraction of sp³-hybridized carbons (Fsp3) is 0.667. The van der Waals surface area contributed by atoms with Crippen molar-refractivity contribution in [2.45, 2.75) is 31.7 Å².